The van der Waals surface area contributed by atoms with Crippen molar-refractivity contribution in [3.8, 4) is 11.5 Å². The zero-order valence-corrected chi connectivity index (χ0v) is 20.9. The highest BCUT2D eigenvalue weighted by Gasteiger charge is 2.24. The van der Waals surface area contributed by atoms with E-state index >= 15 is 0 Å². The molecule has 1 heterocycles. The summed E-state index contributed by atoms with van der Waals surface area (Å²) in [4.78, 5) is 16.8. The minimum absolute atomic E-state index is 0.247. The largest absolute Gasteiger partial charge is 0.490 e. The molecule has 0 N–H and O–H groups in total. The van der Waals surface area contributed by atoms with Gasteiger partial charge in [0.2, 0.25) is 5.90 Å². The summed E-state index contributed by atoms with van der Waals surface area (Å²) in [5.74, 6) is 1.14. The predicted molar refractivity (Wildman–Crippen MR) is 138 cm³/mol. The Kier molecular flexibility index (Phi) is 7.13. The molecule has 3 aromatic carbocycles. The molecule has 5 nitrogen and oxygen atoms in total. The van der Waals surface area contributed by atoms with E-state index in [0.29, 0.717) is 30.6 Å². The first kappa shape index (κ1) is 23.0. The summed E-state index contributed by atoms with van der Waals surface area (Å²) >= 11 is 2.22. The van der Waals surface area contributed by atoms with Crippen molar-refractivity contribution in [2.75, 3.05) is 6.61 Å². The number of nitrogens with zero attached hydrogens (tertiary/aromatic N) is 1. The first-order chi connectivity index (χ1) is 15.9. The lowest BCUT2D eigenvalue weighted by Gasteiger charge is -2.15. The van der Waals surface area contributed by atoms with Crippen molar-refractivity contribution in [3.63, 3.8) is 0 Å². The van der Waals surface area contributed by atoms with Gasteiger partial charge in [-0.25, -0.2) is 9.79 Å². The van der Waals surface area contributed by atoms with Gasteiger partial charge in [-0.2, -0.15) is 0 Å². The normalized spacial score (nSPS) is 14.2. The van der Waals surface area contributed by atoms with Gasteiger partial charge < -0.3 is 14.2 Å². The van der Waals surface area contributed by atoms with Crippen LogP contribution in [-0.2, 0) is 16.1 Å². The summed E-state index contributed by atoms with van der Waals surface area (Å²) in [6.07, 6.45) is 1.71. The first-order valence-electron chi connectivity index (χ1n) is 10.7. The molecule has 0 bridgehead atoms. The van der Waals surface area contributed by atoms with E-state index in [1.54, 1.807) is 6.08 Å². The Balaban J connectivity index is 1.61. The van der Waals surface area contributed by atoms with Gasteiger partial charge in [0, 0.05) is 5.56 Å². The Hall–Kier alpha value is -3.13. The maximum Gasteiger partial charge on any atom is 0.363 e. The molecule has 1 aliphatic rings. The number of hydrogen-bond acceptors (Lipinski definition) is 5. The van der Waals surface area contributed by atoms with Crippen molar-refractivity contribution in [3.05, 3.63) is 97.7 Å². The molecular formula is C27H24INO4. The zero-order valence-electron chi connectivity index (χ0n) is 18.7. The van der Waals surface area contributed by atoms with Crippen LogP contribution >= 0.6 is 22.6 Å². The van der Waals surface area contributed by atoms with Crippen LogP contribution in [0.2, 0.25) is 0 Å². The minimum Gasteiger partial charge on any atom is -0.490 e. The number of aliphatic imine (C=N–C) groups is 1. The number of carbonyl (C=O) groups excluding carboxylic acids is 1. The number of cyclic esters (lactones) is 1. The average Bonchev–Trinajstić information content (AvgIpc) is 3.14. The molecule has 168 valence electrons. The van der Waals surface area contributed by atoms with Gasteiger partial charge in [-0.1, -0.05) is 47.5 Å². The van der Waals surface area contributed by atoms with Gasteiger partial charge in [-0.05, 0) is 84.8 Å². The van der Waals surface area contributed by atoms with Gasteiger partial charge in [0.1, 0.15) is 6.61 Å². The highest BCUT2D eigenvalue weighted by molar-refractivity contribution is 14.1. The van der Waals surface area contributed by atoms with E-state index in [1.165, 1.54) is 5.56 Å². The fourth-order valence-corrected chi connectivity index (χ4v) is 4.20. The molecule has 33 heavy (non-hydrogen) atoms. The Labute approximate surface area is 207 Å². The van der Waals surface area contributed by atoms with Crippen LogP contribution in [0, 0.1) is 17.4 Å². The molecular weight excluding hydrogens is 529 g/mol. The molecule has 1 aliphatic heterocycles. The van der Waals surface area contributed by atoms with Gasteiger partial charge in [0.05, 0.1) is 10.2 Å². The molecule has 6 heteroatoms. The lowest BCUT2D eigenvalue weighted by atomic mass is 10.1. The summed E-state index contributed by atoms with van der Waals surface area (Å²) < 4.78 is 18.2. The molecule has 3 aromatic rings. The third kappa shape index (κ3) is 5.63. The van der Waals surface area contributed by atoms with Crippen molar-refractivity contribution in [1.29, 1.82) is 0 Å². The quantitative estimate of drug-likeness (QED) is 0.198. The molecule has 0 saturated heterocycles. The van der Waals surface area contributed by atoms with Crippen LogP contribution in [-0.4, -0.2) is 18.5 Å². The number of aryl methyl sites for hydroxylation is 2. The highest BCUT2D eigenvalue weighted by Crippen LogP contribution is 2.36. The number of esters is 1. The molecule has 0 aliphatic carbocycles. The van der Waals surface area contributed by atoms with Crippen LogP contribution in [0.3, 0.4) is 0 Å². The van der Waals surface area contributed by atoms with E-state index in [0.717, 1.165) is 25.8 Å². The lowest BCUT2D eigenvalue weighted by molar-refractivity contribution is -0.129. The summed E-state index contributed by atoms with van der Waals surface area (Å²) in [7, 11) is 0. The maximum atomic E-state index is 12.4. The predicted octanol–water partition coefficient (Wildman–Crippen LogP) is 6.23. The van der Waals surface area contributed by atoms with Crippen molar-refractivity contribution in [2.24, 2.45) is 4.99 Å². The fourth-order valence-electron chi connectivity index (χ4n) is 3.42. The minimum atomic E-state index is -0.474. The van der Waals surface area contributed by atoms with Crippen molar-refractivity contribution < 1.29 is 19.0 Å². The third-order valence-electron chi connectivity index (χ3n) is 5.02. The second-order valence-electron chi connectivity index (χ2n) is 7.74. The van der Waals surface area contributed by atoms with Crippen molar-refractivity contribution in [2.45, 2.75) is 27.4 Å². The van der Waals surface area contributed by atoms with Gasteiger partial charge in [-0.15, -0.1) is 0 Å². The first-order valence-corrected chi connectivity index (χ1v) is 11.7. The molecule has 0 spiro atoms. The van der Waals surface area contributed by atoms with Gasteiger partial charge in [0.15, 0.2) is 17.2 Å². The number of hydrogen-bond donors (Lipinski definition) is 0. The summed E-state index contributed by atoms with van der Waals surface area (Å²) in [5, 5.41) is 0. The molecule has 0 aromatic heterocycles. The molecule has 0 amide bonds. The SMILES string of the molecule is CCOc1cc(/C=C2\N=C(c3ccc(C)cc3)OC2=O)cc(I)c1OCc1cccc(C)c1. The van der Waals surface area contributed by atoms with Crippen LogP contribution in [0.25, 0.3) is 6.08 Å². The van der Waals surface area contributed by atoms with E-state index in [-0.39, 0.29) is 5.70 Å². The highest BCUT2D eigenvalue weighted by atomic mass is 127. The lowest BCUT2D eigenvalue weighted by Crippen LogP contribution is -2.05. The Bertz CT molecular complexity index is 1250. The number of ether oxygens (including phenoxy) is 3. The van der Waals surface area contributed by atoms with E-state index < -0.39 is 5.97 Å². The number of carbonyl (C=O) groups is 1. The van der Waals surface area contributed by atoms with Crippen LogP contribution < -0.4 is 9.47 Å². The second kappa shape index (κ2) is 10.2. The fraction of sp³-hybridized carbons (Fsp3) is 0.185. The van der Waals surface area contributed by atoms with Gasteiger partial charge in [0.25, 0.3) is 0 Å². The van der Waals surface area contributed by atoms with E-state index in [2.05, 4.69) is 46.6 Å². The Morgan fingerprint density at radius 3 is 2.52 bits per heavy atom. The summed E-state index contributed by atoms with van der Waals surface area (Å²) in [5.41, 5.74) is 5.20. The van der Waals surface area contributed by atoms with Crippen LogP contribution in [0.15, 0.2) is 71.4 Å². The topological polar surface area (TPSA) is 57.1 Å². The number of rotatable bonds is 7. The maximum absolute atomic E-state index is 12.4. The number of benzene rings is 3. The molecule has 0 saturated carbocycles. The molecule has 4 rings (SSSR count). The van der Waals surface area contributed by atoms with E-state index in [1.807, 2.05) is 62.4 Å². The van der Waals surface area contributed by atoms with Crippen molar-refractivity contribution >= 4 is 40.5 Å². The standard InChI is InChI=1S/C27H24INO4/c1-4-31-24-15-20(13-22(28)25(24)32-16-19-7-5-6-18(3)12-19)14-23-27(30)33-26(29-23)21-10-8-17(2)9-11-21/h5-15H,4,16H2,1-3H3/b23-14-. The Morgan fingerprint density at radius 2 is 1.79 bits per heavy atom. The zero-order chi connectivity index (χ0) is 23.4. The van der Waals surface area contributed by atoms with Crippen LogP contribution in [0.1, 0.15) is 34.7 Å². The smallest absolute Gasteiger partial charge is 0.363 e. The summed E-state index contributed by atoms with van der Waals surface area (Å²) in [6, 6.07) is 19.7. The number of halogens is 1. The monoisotopic (exact) mass is 553 g/mol. The third-order valence-corrected chi connectivity index (χ3v) is 5.82. The van der Waals surface area contributed by atoms with Crippen LogP contribution in [0.4, 0.5) is 0 Å². The molecule has 0 atom stereocenters. The second-order valence-corrected chi connectivity index (χ2v) is 8.90. The van der Waals surface area contributed by atoms with Crippen LogP contribution in [0.5, 0.6) is 11.5 Å². The van der Waals surface area contributed by atoms with Gasteiger partial charge >= 0.3 is 5.97 Å². The van der Waals surface area contributed by atoms with E-state index in [4.69, 9.17) is 14.2 Å². The Morgan fingerprint density at radius 1 is 1.00 bits per heavy atom. The molecule has 0 unspecified atom stereocenters. The average molecular weight is 553 g/mol. The molecule has 0 radical (unpaired) electrons. The summed E-state index contributed by atoms with van der Waals surface area (Å²) in [6.45, 7) is 6.92. The molecule has 0 fully saturated rings. The van der Waals surface area contributed by atoms with Gasteiger partial charge in [-0.3, -0.25) is 0 Å². The van der Waals surface area contributed by atoms with Crippen molar-refractivity contribution in [1.82, 2.24) is 0 Å². The van der Waals surface area contributed by atoms with E-state index in [9.17, 15) is 4.79 Å².